The predicted octanol–water partition coefficient (Wildman–Crippen LogP) is 10.7. The number of hydrogen-bond donors (Lipinski definition) is 0. The fourth-order valence-corrected chi connectivity index (χ4v) is 11.7. The lowest BCUT2D eigenvalue weighted by Crippen LogP contribution is -2.56. The van der Waals surface area contributed by atoms with E-state index in [1.165, 1.54) is 69.9 Å². The van der Waals surface area contributed by atoms with E-state index < -0.39 is 13.5 Å². The summed E-state index contributed by atoms with van der Waals surface area (Å²) in [6.07, 6.45) is 6.43. The Morgan fingerprint density at radius 1 is 0.698 bits per heavy atom. The van der Waals surface area contributed by atoms with Crippen molar-refractivity contribution in [2.45, 2.75) is 25.4 Å². The van der Waals surface area contributed by atoms with Crippen LogP contribution in [-0.2, 0) is 5.41 Å². The van der Waals surface area contributed by atoms with Crippen molar-refractivity contribution < 1.29 is 0 Å². The lowest BCUT2D eigenvalue weighted by Gasteiger charge is -2.52. The summed E-state index contributed by atoms with van der Waals surface area (Å²) < 4.78 is 2.74. The summed E-state index contributed by atoms with van der Waals surface area (Å²) in [5, 5.41) is 5.77. The van der Waals surface area contributed by atoms with E-state index in [2.05, 4.69) is 159 Å². The fraction of sp³-hybridized carbons (Fsp3) is 0.100. The first-order valence-electron chi connectivity index (χ1n) is 15.0. The first-order valence-corrected chi connectivity index (χ1v) is 18.8. The number of allylic oxidation sites excluding steroid dienone is 5. The average molecular weight is 588 g/mol. The minimum atomic E-state index is -2.04. The van der Waals surface area contributed by atoms with E-state index >= 15 is 0 Å². The molecule has 1 nitrogen and oxygen atoms in total. The van der Waals surface area contributed by atoms with E-state index in [1.54, 1.807) is 0 Å². The highest BCUT2D eigenvalue weighted by atomic mass is 32.1. The minimum Gasteiger partial charge on any atom is -0.310 e. The molecule has 0 amide bonds. The van der Waals surface area contributed by atoms with E-state index in [0.29, 0.717) is 0 Å². The van der Waals surface area contributed by atoms with Crippen LogP contribution in [-0.4, -0.2) is 8.07 Å². The number of benzene rings is 5. The van der Waals surface area contributed by atoms with Gasteiger partial charge in [0.2, 0.25) is 0 Å². The van der Waals surface area contributed by atoms with Crippen molar-refractivity contribution in [1.82, 2.24) is 0 Å². The van der Waals surface area contributed by atoms with Gasteiger partial charge in [-0.3, -0.25) is 0 Å². The monoisotopic (exact) mass is 587 g/mol. The highest BCUT2D eigenvalue weighted by Gasteiger charge is 2.53. The SMILES string of the molecule is C=C/C=C\C1=C(C)[Si](C)(C)c2cc3sc4ccccc4c3cc2C12c1ccccc1N(c1ccccc1)c1ccccc12. The molecular weight excluding hydrogens is 555 g/mol. The summed E-state index contributed by atoms with van der Waals surface area (Å²) in [5.74, 6) is 0. The number of para-hydroxylation sites is 3. The number of fused-ring (bicyclic) bond motifs is 9. The Hall–Kier alpha value is -4.44. The summed E-state index contributed by atoms with van der Waals surface area (Å²) in [5.41, 5.74) is 8.63. The molecule has 3 heterocycles. The lowest BCUT2D eigenvalue weighted by atomic mass is 9.61. The Kier molecular flexibility index (Phi) is 5.81. The zero-order valence-electron chi connectivity index (χ0n) is 24.8. The first-order chi connectivity index (χ1) is 21.0. The maximum Gasteiger partial charge on any atom is 0.108 e. The average Bonchev–Trinajstić information content (AvgIpc) is 3.41. The molecule has 0 saturated carbocycles. The van der Waals surface area contributed by atoms with Crippen LogP contribution in [0.2, 0.25) is 13.1 Å². The smallest absolute Gasteiger partial charge is 0.108 e. The first kappa shape index (κ1) is 26.2. The van der Waals surface area contributed by atoms with Crippen molar-refractivity contribution in [3.8, 4) is 0 Å². The number of nitrogens with zero attached hydrogens (tertiary/aromatic N) is 1. The van der Waals surface area contributed by atoms with Crippen LogP contribution < -0.4 is 10.1 Å². The molecule has 0 radical (unpaired) electrons. The van der Waals surface area contributed by atoms with Gasteiger partial charge in [0, 0.05) is 25.9 Å². The molecule has 2 aliphatic rings. The molecular formula is C40H33NSSi. The van der Waals surface area contributed by atoms with Gasteiger partial charge in [0.05, 0.1) is 16.8 Å². The van der Waals surface area contributed by atoms with E-state index in [4.69, 9.17) is 0 Å². The Morgan fingerprint density at radius 2 is 1.33 bits per heavy atom. The number of thiophene rings is 1. The summed E-state index contributed by atoms with van der Waals surface area (Å²) in [6.45, 7) is 11.6. The third-order valence-corrected chi connectivity index (χ3v) is 14.9. The van der Waals surface area contributed by atoms with Gasteiger partial charge in [-0.15, -0.1) is 11.3 Å². The van der Waals surface area contributed by atoms with Gasteiger partial charge in [0.1, 0.15) is 8.07 Å². The molecule has 0 fully saturated rings. The van der Waals surface area contributed by atoms with Gasteiger partial charge >= 0.3 is 0 Å². The lowest BCUT2D eigenvalue weighted by molar-refractivity contribution is 0.725. The quantitative estimate of drug-likeness (QED) is 0.147. The third-order valence-electron chi connectivity index (χ3n) is 9.85. The largest absolute Gasteiger partial charge is 0.310 e. The maximum absolute atomic E-state index is 4.09. The van der Waals surface area contributed by atoms with E-state index in [9.17, 15) is 0 Å². The molecule has 0 bridgehead atoms. The topological polar surface area (TPSA) is 3.24 Å². The van der Waals surface area contributed by atoms with Crippen LogP contribution >= 0.6 is 11.3 Å². The van der Waals surface area contributed by atoms with Gasteiger partial charge < -0.3 is 4.90 Å². The number of anilines is 3. The van der Waals surface area contributed by atoms with Crippen LogP contribution in [0.5, 0.6) is 0 Å². The molecule has 5 aromatic carbocycles. The van der Waals surface area contributed by atoms with Gasteiger partial charge in [-0.2, -0.15) is 0 Å². The predicted molar refractivity (Wildman–Crippen MR) is 189 cm³/mol. The molecule has 0 saturated heterocycles. The second kappa shape index (κ2) is 9.53. The van der Waals surface area contributed by atoms with Crippen molar-refractivity contribution >= 4 is 61.8 Å². The van der Waals surface area contributed by atoms with Gasteiger partial charge in [-0.1, -0.05) is 116 Å². The highest BCUT2D eigenvalue weighted by Crippen LogP contribution is 2.60. The van der Waals surface area contributed by atoms with Crippen LogP contribution in [0, 0.1) is 0 Å². The molecule has 2 aliphatic heterocycles. The van der Waals surface area contributed by atoms with Crippen LogP contribution in [0.25, 0.3) is 20.2 Å². The zero-order chi connectivity index (χ0) is 29.3. The fourth-order valence-electron chi connectivity index (χ4n) is 7.66. The molecule has 0 aliphatic carbocycles. The molecule has 1 spiro atoms. The molecule has 0 atom stereocenters. The number of hydrogen-bond acceptors (Lipinski definition) is 2. The van der Waals surface area contributed by atoms with Crippen LogP contribution in [0.15, 0.2) is 151 Å². The Balaban J connectivity index is 1.59. The molecule has 208 valence electrons. The third kappa shape index (κ3) is 3.50. The summed E-state index contributed by atoms with van der Waals surface area (Å²) in [6, 6.07) is 43.0. The van der Waals surface area contributed by atoms with E-state index in [-0.39, 0.29) is 0 Å². The van der Waals surface area contributed by atoms with Gasteiger partial charge in [0.15, 0.2) is 0 Å². The van der Waals surface area contributed by atoms with Crippen molar-refractivity contribution in [2.24, 2.45) is 0 Å². The van der Waals surface area contributed by atoms with Gasteiger partial charge in [0.25, 0.3) is 0 Å². The van der Waals surface area contributed by atoms with E-state index in [0.717, 1.165) is 0 Å². The normalized spacial score (nSPS) is 16.5. The Bertz CT molecular complexity index is 2100. The standard InChI is InChI=1S/C40H33NSSi/c1-5-6-19-31-27(2)43(3,4)39-26-38-30(29-18-10-15-24-37(29)42-38)25-34(39)40(31)32-20-11-13-22-35(32)41(28-16-8-7-9-17-28)36-23-14-12-21-33(36)40/h5-26H,1H2,2-4H3/b19-6-. The van der Waals surface area contributed by atoms with Crippen LogP contribution in [0.1, 0.15) is 23.6 Å². The molecule has 1 aromatic heterocycles. The van der Waals surface area contributed by atoms with Crippen molar-refractivity contribution in [2.75, 3.05) is 4.90 Å². The van der Waals surface area contributed by atoms with E-state index in [1.807, 2.05) is 17.4 Å². The molecule has 3 heteroatoms. The molecule has 0 N–H and O–H groups in total. The Labute approximate surface area is 258 Å². The van der Waals surface area contributed by atoms with Crippen molar-refractivity contribution in [3.63, 3.8) is 0 Å². The summed E-state index contributed by atoms with van der Waals surface area (Å²) >= 11 is 1.93. The summed E-state index contributed by atoms with van der Waals surface area (Å²) in [7, 11) is -2.04. The number of rotatable bonds is 3. The molecule has 6 aromatic rings. The summed E-state index contributed by atoms with van der Waals surface area (Å²) in [4.78, 5) is 2.45. The molecule has 43 heavy (non-hydrogen) atoms. The maximum atomic E-state index is 4.09. The zero-order valence-corrected chi connectivity index (χ0v) is 26.6. The second-order valence-corrected chi connectivity index (χ2v) is 17.8. The second-order valence-electron chi connectivity index (χ2n) is 12.2. The van der Waals surface area contributed by atoms with Crippen molar-refractivity contribution in [3.05, 3.63) is 168 Å². The highest BCUT2D eigenvalue weighted by molar-refractivity contribution is 7.26. The van der Waals surface area contributed by atoms with Gasteiger partial charge in [-0.25, -0.2) is 0 Å². The minimum absolute atomic E-state index is 0.475. The van der Waals surface area contributed by atoms with Crippen LogP contribution in [0.3, 0.4) is 0 Å². The molecule has 0 unspecified atom stereocenters. The van der Waals surface area contributed by atoms with Crippen LogP contribution in [0.4, 0.5) is 17.1 Å². The van der Waals surface area contributed by atoms with Crippen molar-refractivity contribution in [1.29, 1.82) is 0 Å². The Morgan fingerprint density at radius 3 is 2.02 bits per heavy atom. The van der Waals surface area contributed by atoms with Gasteiger partial charge in [-0.05, 0) is 76.8 Å². The molecule has 8 rings (SSSR count).